The molecule has 0 unspecified atom stereocenters. The minimum atomic E-state index is 0.577. The lowest BCUT2D eigenvalue weighted by Gasteiger charge is -2.40. The molecule has 0 aliphatic carbocycles. The van der Waals surface area contributed by atoms with E-state index < -0.39 is 0 Å². The smallest absolute Gasteiger partial charge is 0.0623 e. The number of rotatable bonds is 0. The quantitative estimate of drug-likeness (QED) is 0.604. The predicted octanol–water partition coefficient (Wildman–Crippen LogP) is 0.317. The van der Waals surface area contributed by atoms with E-state index in [0.717, 1.165) is 19.1 Å². The van der Waals surface area contributed by atoms with E-state index in [1.807, 2.05) is 0 Å². The van der Waals surface area contributed by atoms with Crippen LogP contribution in [0.2, 0.25) is 0 Å². The lowest BCUT2D eigenvalue weighted by atomic mass is 9.70. The number of piperidine rings is 1. The van der Waals surface area contributed by atoms with Crippen LogP contribution in [0.5, 0.6) is 0 Å². The number of hydrogen-bond donors (Lipinski definition) is 1. The Morgan fingerprint density at radius 1 is 1.29 bits per heavy atom. The molecule has 14 heavy (non-hydrogen) atoms. The molecule has 0 saturated carbocycles. The van der Waals surface area contributed by atoms with Gasteiger partial charge in [-0.05, 0) is 38.4 Å². The van der Waals surface area contributed by atoms with Gasteiger partial charge >= 0.3 is 0 Å². The zero-order valence-electron chi connectivity index (χ0n) is 8.96. The van der Waals surface area contributed by atoms with Crippen molar-refractivity contribution >= 4 is 0 Å². The average Bonchev–Trinajstić information content (AvgIpc) is 2.75. The van der Waals surface area contributed by atoms with Crippen molar-refractivity contribution < 1.29 is 4.74 Å². The molecule has 3 fully saturated rings. The third kappa shape index (κ3) is 1.23. The number of ether oxygens (including phenoxy) is 1. The average molecular weight is 196 g/mol. The molecule has 3 saturated heterocycles. The van der Waals surface area contributed by atoms with E-state index in [2.05, 4.69) is 17.3 Å². The maximum Gasteiger partial charge on any atom is 0.0623 e. The number of fused-ring (bicyclic) bond motifs is 2. The van der Waals surface area contributed by atoms with Crippen molar-refractivity contribution in [2.24, 2.45) is 11.3 Å². The van der Waals surface area contributed by atoms with Crippen molar-refractivity contribution in [3.8, 4) is 0 Å². The van der Waals surface area contributed by atoms with Gasteiger partial charge in [0.1, 0.15) is 0 Å². The molecular formula is C11H20N2O. The van der Waals surface area contributed by atoms with Gasteiger partial charge in [0.05, 0.1) is 13.2 Å². The number of nitrogens with zero attached hydrogens (tertiary/aromatic N) is 1. The van der Waals surface area contributed by atoms with E-state index in [-0.39, 0.29) is 0 Å². The Morgan fingerprint density at radius 3 is 2.86 bits per heavy atom. The van der Waals surface area contributed by atoms with Gasteiger partial charge in [-0.3, -0.25) is 0 Å². The Balaban J connectivity index is 1.77. The predicted molar refractivity (Wildman–Crippen MR) is 55.3 cm³/mol. The molecule has 0 radical (unpaired) electrons. The van der Waals surface area contributed by atoms with Gasteiger partial charge in [-0.25, -0.2) is 0 Å². The molecule has 0 aromatic heterocycles. The minimum Gasteiger partial charge on any atom is -0.379 e. The first kappa shape index (κ1) is 9.13. The first-order valence-corrected chi connectivity index (χ1v) is 5.80. The van der Waals surface area contributed by atoms with Crippen molar-refractivity contribution in [3.05, 3.63) is 0 Å². The number of nitrogens with one attached hydrogen (secondary N) is 1. The second-order valence-corrected chi connectivity index (χ2v) is 5.30. The molecule has 0 bridgehead atoms. The molecule has 3 aliphatic rings. The highest BCUT2D eigenvalue weighted by atomic mass is 16.5. The standard InChI is InChI=1S/C11H20N2O/c1-13-4-2-11(3-5-13)8-12-10-7-14-6-9(10)11/h9-10,12H,2-8H2,1H3/t9-,10+/m0/s1. The molecule has 3 heterocycles. The third-order valence-corrected chi connectivity index (χ3v) is 4.57. The maximum absolute atomic E-state index is 5.59. The fourth-order valence-electron chi connectivity index (χ4n) is 3.44. The Hall–Kier alpha value is -0.120. The number of likely N-dealkylation sites (tertiary alicyclic amines) is 1. The van der Waals surface area contributed by atoms with Crippen molar-refractivity contribution in [2.45, 2.75) is 18.9 Å². The topological polar surface area (TPSA) is 24.5 Å². The summed E-state index contributed by atoms with van der Waals surface area (Å²) in [5.41, 5.74) is 0.577. The molecule has 80 valence electrons. The van der Waals surface area contributed by atoms with Crippen molar-refractivity contribution in [2.75, 3.05) is 39.9 Å². The SMILES string of the molecule is CN1CCC2(CC1)CN[C@@H]1COC[C@@H]12. The van der Waals surface area contributed by atoms with Gasteiger partial charge in [0.15, 0.2) is 0 Å². The van der Waals surface area contributed by atoms with Crippen LogP contribution in [0.3, 0.4) is 0 Å². The first-order chi connectivity index (χ1) is 6.80. The summed E-state index contributed by atoms with van der Waals surface area (Å²) >= 11 is 0. The van der Waals surface area contributed by atoms with E-state index in [1.54, 1.807) is 0 Å². The molecular weight excluding hydrogens is 176 g/mol. The third-order valence-electron chi connectivity index (χ3n) is 4.57. The first-order valence-electron chi connectivity index (χ1n) is 5.80. The van der Waals surface area contributed by atoms with Gasteiger partial charge in [-0.1, -0.05) is 0 Å². The molecule has 1 spiro atoms. The molecule has 2 atom stereocenters. The Labute approximate surface area is 85.8 Å². The summed E-state index contributed by atoms with van der Waals surface area (Å²) in [6, 6.07) is 0.665. The van der Waals surface area contributed by atoms with Gasteiger partial charge in [0.2, 0.25) is 0 Å². The molecule has 3 nitrogen and oxygen atoms in total. The van der Waals surface area contributed by atoms with E-state index in [1.165, 1.54) is 32.5 Å². The lowest BCUT2D eigenvalue weighted by molar-refractivity contribution is 0.0702. The van der Waals surface area contributed by atoms with Crippen LogP contribution >= 0.6 is 0 Å². The largest absolute Gasteiger partial charge is 0.379 e. The highest BCUT2D eigenvalue weighted by Gasteiger charge is 2.51. The van der Waals surface area contributed by atoms with Crippen molar-refractivity contribution in [1.29, 1.82) is 0 Å². The summed E-state index contributed by atoms with van der Waals surface area (Å²) < 4.78 is 5.59. The molecule has 3 rings (SSSR count). The normalized spacial score (nSPS) is 41.8. The van der Waals surface area contributed by atoms with Gasteiger partial charge in [0, 0.05) is 18.5 Å². The van der Waals surface area contributed by atoms with Gasteiger partial charge in [0.25, 0.3) is 0 Å². The summed E-state index contributed by atoms with van der Waals surface area (Å²) in [5.74, 6) is 0.802. The highest BCUT2D eigenvalue weighted by Crippen LogP contribution is 2.45. The lowest BCUT2D eigenvalue weighted by Crippen LogP contribution is -2.43. The summed E-state index contributed by atoms with van der Waals surface area (Å²) in [5, 5.41) is 3.65. The molecule has 3 aliphatic heterocycles. The molecule has 0 amide bonds. The van der Waals surface area contributed by atoms with Gasteiger partial charge < -0.3 is 15.0 Å². The van der Waals surface area contributed by atoms with Crippen LogP contribution in [0.25, 0.3) is 0 Å². The highest BCUT2D eigenvalue weighted by molar-refractivity contribution is 5.04. The van der Waals surface area contributed by atoms with Crippen LogP contribution in [-0.2, 0) is 4.74 Å². The number of hydrogen-bond acceptors (Lipinski definition) is 3. The van der Waals surface area contributed by atoms with Crippen molar-refractivity contribution in [1.82, 2.24) is 10.2 Å². The van der Waals surface area contributed by atoms with E-state index in [0.29, 0.717) is 11.5 Å². The minimum absolute atomic E-state index is 0.577. The summed E-state index contributed by atoms with van der Waals surface area (Å²) in [6.45, 7) is 5.72. The molecule has 0 aromatic rings. The van der Waals surface area contributed by atoms with Crippen LogP contribution in [0, 0.1) is 11.3 Å². The fraction of sp³-hybridized carbons (Fsp3) is 1.00. The fourth-order valence-corrected chi connectivity index (χ4v) is 3.44. The van der Waals surface area contributed by atoms with Crippen LogP contribution in [-0.4, -0.2) is 50.8 Å². The monoisotopic (exact) mass is 196 g/mol. The van der Waals surface area contributed by atoms with Crippen LogP contribution < -0.4 is 5.32 Å². The van der Waals surface area contributed by atoms with Gasteiger partial charge in [-0.2, -0.15) is 0 Å². The summed E-state index contributed by atoms with van der Waals surface area (Å²) in [7, 11) is 2.23. The van der Waals surface area contributed by atoms with Crippen LogP contribution in [0.1, 0.15) is 12.8 Å². The summed E-state index contributed by atoms with van der Waals surface area (Å²) in [6.07, 6.45) is 2.72. The van der Waals surface area contributed by atoms with Crippen molar-refractivity contribution in [3.63, 3.8) is 0 Å². The van der Waals surface area contributed by atoms with Crippen LogP contribution in [0.15, 0.2) is 0 Å². The van der Waals surface area contributed by atoms with E-state index in [9.17, 15) is 0 Å². The van der Waals surface area contributed by atoms with Crippen LogP contribution in [0.4, 0.5) is 0 Å². The summed E-state index contributed by atoms with van der Waals surface area (Å²) in [4.78, 5) is 2.45. The second kappa shape index (κ2) is 3.19. The second-order valence-electron chi connectivity index (χ2n) is 5.30. The molecule has 1 N–H and O–H groups in total. The van der Waals surface area contributed by atoms with Gasteiger partial charge in [-0.15, -0.1) is 0 Å². The molecule has 0 aromatic carbocycles. The Kier molecular flexibility index (Phi) is 2.08. The molecule has 3 heteroatoms. The van der Waals surface area contributed by atoms with E-state index in [4.69, 9.17) is 4.74 Å². The zero-order chi connectivity index (χ0) is 9.60. The Bertz CT molecular complexity index is 223. The van der Waals surface area contributed by atoms with E-state index >= 15 is 0 Å². The maximum atomic E-state index is 5.59. The zero-order valence-corrected chi connectivity index (χ0v) is 8.96. The Morgan fingerprint density at radius 2 is 2.07 bits per heavy atom.